The van der Waals surface area contributed by atoms with Crippen molar-refractivity contribution < 1.29 is 0 Å². The van der Waals surface area contributed by atoms with Crippen LogP contribution in [-0.4, -0.2) is 21.3 Å². The van der Waals surface area contributed by atoms with Crippen LogP contribution in [0, 0.1) is 17.8 Å². The molecule has 1 fully saturated rings. The van der Waals surface area contributed by atoms with Crippen LogP contribution in [0.5, 0.6) is 0 Å². The Kier molecular flexibility index (Phi) is 4.15. The zero-order valence-corrected chi connectivity index (χ0v) is 11.0. The van der Waals surface area contributed by atoms with E-state index in [0.717, 1.165) is 31.3 Å². The quantitative estimate of drug-likeness (QED) is 0.868. The Bertz CT molecular complexity index is 347. The highest BCUT2D eigenvalue weighted by molar-refractivity contribution is 4.91. The fourth-order valence-corrected chi connectivity index (χ4v) is 3.07. The number of hydrogen-bond acceptors (Lipinski definition) is 3. The van der Waals surface area contributed by atoms with Gasteiger partial charge in [0.15, 0.2) is 0 Å². The number of nitrogens with two attached hydrogens (primary N) is 1. The predicted octanol–water partition coefficient (Wildman–Crippen LogP) is 1.85. The molecule has 4 nitrogen and oxygen atoms in total. The molecule has 4 heteroatoms. The molecule has 0 bridgehead atoms. The summed E-state index contributed by atoms with van der Waals surface area (Å²) in [5.74, 6) is 3.33. The van der Waals surface area contributed by atoms with Gasteiger partial charge in [0, 0.05) is 13.0 Å². The summed E-state index contributed by atoms with van der Waals surface area (Å²) in [6.07, 6.45) is 6.61. The monoisotopic (exact) mass is 236 g/mol. The minimum Gasteiger partial charge on any atom is -0.330 e. The maximum Gasteiger partial charge on any atom is 0.138 e. The summed E-state index contributed by atoms with van der Waals surface area (Å²) in [4.78, 5) is 4.39. The van der Waals surface area contributed by atoms with Gasteiger partial charge >= 0.3 is 0 Å². The average Bonchev–Trinajstić information content (AvgIpc) is 2.77. The van der Waals surface area contributed by atoms with Gasteiger partial charge in [-0.3, -0.25) is 4.68 Å². The van der Waals surface area contributed by atoms with Crippen LogP contribution in [0.3, 0.4) is 0 Å². The molecule has 0 amide bonds. The molecule has 1 saturated carbocycles. The molecular weight excluding hydrogens is 212 g/mol. The van der Waals surface area contributed by atoms with Crippen molar-refractivity contribution in [2.24, 2.45) is 23.5 Å². The van der Waals surface area contributed by atoms with Crippen molar-refractivity contribution in [1.82, 2.24) is 14.8 Å². The first kappa shape index (κ1) is 12.6. The molecule has 0 saturated heterocycles. The second-order valence-corrected chi connectivity index (χ2v) is 5.37. The summed E-state index contributed by atoms with van der Waals surface area (Å²) >= 11 is 0. The molecule has 1 aromatic heterocycles. The van der Waals surface area contributed by atoms with Crippen molar-refractivity contribution in [3.05, 3.63) is 12.2 Å². The fraction of sp³-hybridized carbons (Fsp3) is 0.846. The first-order valence-corrected chi connectivity index (χ1v) is 6.81. The minimum atomic E-state index is 0.674. The van der Waals surface area contributed by atoms with Crippen molar-refractivity contribution in [2.45, 2.75) is 46.1 Å². The van der Waals surface area contributed by atoms with E-state index in [1.807, 2.05) is 4.68 Å². The molecule has 0 spiro atoms. The lowest BCUT2D eigenvalue weighted by molar-refractivity contribution is 0.189. The highest BCUT2D eigenvalue weighted by Crippen LogP contribution is 2.34. The molecule has 0 aromatic carbocycles. The summed E-state index contributed by atoms with van der Waals surface area (Å²) in [6.45, 7) is 6.19. The van der Waals surface area contributed by atoms with Gasteiger partial charge in [-0.25, -0.2) is 4.98 Å². The smallest absolute Gasteiger partial charge is 0.138 e. The van der Waals surface area contributed by atoms with Gasteiger partial charge in [0.2, 0.25) is 0 Å². The lowest BCUT2D eigenvalue weighted by Crippen LogP contribution is -2.31. The van der Waals surface area contributed by atoms with Crippen LogP contribution < -0.4 is 5.73 Å². The number of rotatable bonds is 4. The molecule has 2 N–H and O–H groups in total. The summed E-state index contributed by atoms with van der Waals surface area (Å²) in [6, 6.07) is 0. The van der Waals surface area contributed by atoms with E-state index in [9.17, 15) is 0 Å². The lowest BCUT2D eigenvalue weighted by Gasteiger charge is -2.34. The molecule has 1 aromatic rings. The van der Waals surface area contributed by atoms with Gasteiger partial charge in [0.1, 0.15) is 12.2 Å². The maximum atomic E-state index is 5.90. The Labute approximate surface area is 104 Å². The molecular formula is C13H24N4. The van der Waals surface area contributed by atoms with Crippen LogP contribution in [0.15, 0.2) is 6.33 Å². The summed E-state index contributed by atoms with van der Waals surface area (Å²) < 4.78 is 2.01. The van der Waals surface area contributed by atoms with E-state index in [0.29, 0.717) is 11.8 Å². The number of aromatic nitrogens is 3. The first-order valence-electron chi connectivity index (χ1n) is 6.81. The highest BCUT2D eigenvalue weighted by atomic mass is 15.3. The van der Waals surface area contributed by atoms with E-state index in [2.05, 4.69) is 23.9 Å². The molecule has 3 atom stereocenters. The summed E-state index contributed by atoms with van der Waals surface area (Å²) in [7, 11) is 0. The summed E-state index contributed by atoms with van der Waals surface area (Å²) in [5, 5.41) is 4.24. The van der Waals surface area contributed by atoms with E-state index < -0.39 is 0 Å². The van der Waals surface area contributed by atoms with Crippen molar-refractivity contribution in [3.63, 3.8) is 0 Å². The van der Waals surface area contributed by atoms with Crippen molar-refractivity contribution in [3.8, 4) is 0 Å². The lowest BCUT2D eigenvalue weighted by atomic mass is 9.73. The third kappa shape index (κ3) is 2.86. The van der Waals surface area contributed by atoms with Crippen molar-refractivity contribution in [1.29, 1.82) is 0 Å². The normalized spacial score (nSPS) is 29.5. The van der Waals surface area contributed by atoms with Gasteiger partial charge in [-0.05, 0) is 44.1 Å². The third-order valence-electron chi connectivity index (χ3n) is 4.14. The Hall–Kier alpha value is -0.900. The fourth-order valence-electron chi connectivity index (χ4n) is 3.07. The molecule has 17 heavy (non-hydrogen) atoms. The largest absolute Gasteiger partial charge is 0.330 e. The van der Waals surface area contributed by atoms with Crippen LogP contribution in [0.2, 0.25) is 0 Å². The predicted molar refractivity (Wildman–Crippen MR) is 68.4 cm³/mol. The Morgan fingerprint density at radius 1 is 1.41 bits per heavy atom. The zero-order chi connectivity index (χ0) is 12.3. The van der Waals surface area contributed by atoms with E-state index in [1.165, 1.54) is 19.3 Å². The van der Waals surface area contributed by atoms with Gasteiger partial charge in [-0.1, -0.05) is 13.3 Å². The Morgan fingerprint density at radius 2 is 2.24 bits per heavy atom. The van der Waals surface area contributed by atoms with Gasteiger partial charge in [0.05, 0.1) is 0 Å². The molecule has 3 unspecified atom stereocenters. The molecule has 1 aliphatic carbocycles. The second-order valence-electron chi connectivity index (χ2n) is 5.37. The highest BCUT2D eigenvalue weighted by Gasteiger charge is 2.28. The zero-order valence-electron chi connectivity index (χ0n) is 11.0. The minimum absolute atomic E-state index is 0.674. The number of nitrogens with zero attached hydrogens (tertiary/aromatic N) is 3. The second kappa shape index (κ2) is 5.63. The molecule has 0 aliphatic heterocycles. The maximum absolute atomic E-state index is 5.90. The van der Waals surface area contributed by atoms with Gasteiger partial charge in [-0.15, -0.1) is 0 Å². The number of hydrogen-bond donors (Lipinski definition) is 1. The first-order chi connectivity index (χ1) is 8.24. The Morgan fingerprint density at radius 3 is 2.94 bits per heavy atom. The third-order valence-corrected chi connectivity index (χ3v) is 4.14. The Balaban J connectivity index is 2.05. The van der Waals surface area contributed by atoms with Crippen LogP contribution in [0.1, 0.15) is 38.9 Å². The molecule has 96 valence electrons. The van der Waals surface area contributed by atoms with E-state index >= 15 is 0 Å². The van der Waals surface area contributed by atoms with Crippen LogP contribution in [-0.2, 0) is 13.0 Å². The molecule has 1 heterocycles. The molecule has 1 aliphatic rings. The van der Waals surface area contributed by atoms with E-state index in [1.54, 1.807) is 6.33 Å². The average molecular weight is 236 g/mol. The van der Waals surface area contributed by atoms with Crippen molar-refractivity contribution in [2.75, 3.05) is 6.54 Å². The standard InChI is InChI=1S/C13H24N4/c1-3-17-13(15-9-16-17)7-12-6-10(2)4-5-11(12)8-14/h9-12H,3-8,14H2,1-2H3. The van der Waals surface area contributed by atoms with Crippen LogP contribution in [0.4, 0.5) is 0 Å². The van der Waals surface area contributed by atoms with E-state index in [-0.39, 0.29) is 0 Å². The number of aryl methyl sites for hydroxylation is 1. The molecule has 0 radical (unpaired) electrons. The van der Waals surface area contributed by atoms with E-state index in [4.69, 9.17) is 5.73 Å². The van der Waals surface area contributed by atoms with Crippen LogP contribution in [0.25, 0.3) is 0 Å². The van der Waals surface area contributed by atoms with Gasteiger partial charge in [-0.2, -0.15) is 5.10 Å². The van der Waals surface area contributed by atoms with Gasteiger partial charge < -0.3 is 5.73 Å². The topological polar surface area (TPSA) is 56.7 Å². The molecule has 2 rings (SSSR count). The SMILES string of the molecule is CCn1ncnc1CC1CC(C)CCC1CN. The summed E-state index contributed by atoms with van der Waals surface area (Å²) in [5.41, 5.74) is 5.90. The van der Waals surface area contributed by atoms with Gasteiger partial charge in [0.25, 0.3) is 0 Å². The van der Waals surface area contributed by atoms with Crippen LogP contribution >= 0.6 is 0 Å². The van der Waals surface area contributed by atoms with Crippen molar-refractivity contribution >= 4 is 0 Å².